The largest absolute Gasteiger partial charge is 0.478 e. The molecule has 1 saturated heterocycles. The highest BCUT2D eigenvalue weighted by Gasteiger charge is 2.34. The molecule has 6 nitrogen and oxygen atoms in total. The Labute approximate surface area is 170 Å². The number of aryl methyl sites for hydroxylation is 2. The monoisotopic (exact) mass is 409 g/mol. The maximum atomic E-state index is 13.0. The Kier molecular flexibility index (Phi) is 4.52. The van der Waals surface area contributed by atoms with Crippen molar-refractivity contribution in [3.05, 3.63) is 64.3 Å². The minimum atomic E-state index is -1.05. The van der Waals surface area contributed by atoms with Crippen molar-refractivity contribution in [3.63, 3.8) is 0 Å². The molecule has 28 heavy (non-hydrogen) atoms. The Morgan fingerprint density at radius 3 is 2.71 bits per heavy atom. The second-order valence-corrected chi connectivity index (χ2v) is 8.02. The highest BCUT2D eigenvalue weighted by molar-refractivity contribution is 8.27. The summed E-state index contributed by atoms with van der Waals surface area (Å²) >= 11 is 6.59. The first-order chi connectivity index (χ1) is 13.4. The molecule has 8 heteroatoms. The normalized spacial score (nSPS) is 15.8. The van der Waals surface area contributed by atoms with Crippen LogP contribution in [-0.2, 0) is 11.8 Å². The molecule has 0 atom stereocenters. The fourth-order valence-corrected chi connectivity index (χ4v) is 4.32. The number of thiocarbonyl (C=S) groups is 1. The summed E-state index contributed by atoms with van der Waals surface area (Å²) in [5.74, 6) is -0.688. The number of rotatable bonds is 3. The second-order valence-electron chi connectivity index (χ2n) is 6.34. The number of hydrogen-bond acceptors (Lipinski definition) is 5. The quantitative estimate of drug-likeness (QED) is 0.521. The van der Waals surface area contributed by atoms with E-state index in [4.69, 9.17) is 12.2 Å². The predicted octanol–water partition coefficient (Wildman–Crippen LogP) is 3.99. The fraction of sp³-hybridized carbons (Fsp3) is 0.100. The van der Waals surface area contributed by atoms with Crippen molar-refractivity contribution in [2.24, 2.45) is 7.05 Å². The molecule has 1 aliphatic heterocycles. The summed E-state index contributed by atoms with van der Waals surface area (Å²) in [5, 5.41) is 9.26. The number of imidazole rings is 1. The van der Waals surface area contributed by atoms with Gasteiger partial charge in [0.15, 0.2) is 4.32 Å². The highest BCUT2D eigenvalue weighted by Crippen LogP contribution is 2.37. The molecular weight excluding hydrogens is 394 g/mol. The van der Waals surface area contributed by atoms with Crippen LogP contribution in [0, 0.1) is 6.92 Å². The lowest BCUT2D eigenvalue weighted by molar-refractivity contribution is -0.113. The van der Waals surface area contributed by atoms with Gasteiger partial charge in [0, 0.05) is 13.1 Å². The van der Waals surface area contributed by atoms with E-state index in [2.05, 4.69) is 4.98 Å². The topological polar surface area (TPSA) is 75.4 Å². The van der Waals surface area contributed by atoms with E-state index in [1.54, 1.807) is 12.1 Å². The number of para-hydroxylation sites is 2. The third-order valence-corrected chi connectivity index (χ3v) is 5.87. The molecule has 1 aromatic heterocycles. The smallest absolute Gasteiger partial charge is 0.335 e. The summed E-state index contributed by atoms with van der Waals surface area (Å²) in [6.45, 7) is 1.81. The van der Waals surface area contributed by atoms with E-state index < -0.39 is 5.97 Å². The summed E-state index contributed by atoms with van der Waals surface area (Å²) in [7, 11) is 1.89. The summed E-state index contributed by atoms with van der Waals surface area (Å²) in [6.07, 6.45) is 1.72. The number of hydrogen-bond donors (Lipinski definition) is 1. The van der Waals surface area contributed by atoms with Crippen LogP contribution in [-0.4, -0.2) is 30.9 Å². The summed E-state index contributed by atoms with van der Waals surface area (Å²) in [6, 6.07) is 12.4. The van der Waals surface area contributed by atoms with E-state index in [9.17, 15) is 14.7 Å². The molecular formula is C20H15N3O3S2. The number of thioether (sulfide) groups is 1. The van der Waals surface area contributed by atoms with Crippen LogP contribution in [0.1, 0.15) is 21.7 Å². The first-order valence-electron chi connectivity index (χ1n) is 8.40. The van der Waals surface area contributed by atoms with Gasteiger partial charge in [0.05, 0.1) is 27.2 Å². The zero-order valence-electron chi connectivity index (χ0n) is 15.0. The van der Waals surface area contributed by atoms with Gasteiger partial charge in [0.1, 0.15) is 5.82 Å². The van der Waals surface area contributed by atoms with Gasteiger partial charge >= 0.3 is 5.97 Å². The first kappa shape index (κ1) is 18.4. The van der Waals surface area contributed by atoms with Crippen molar-refractivity contribution in [1.29, 1.82) is 0 Å². The van der Waals surface area contributed by atoms with Crippen molar-refractivity contribution in [1.82, 2.24) is 9.55 Å². The number of carboxylic acid groups (broad SMARTS) is 1. The molecule has 3 aromatic rings. The van der Waals surface area contributed by atoms with E-state index in [1.807, 2.05) is 42.8 Å². The molecule has 1 amide bonds. The van der Waals surface area contributed by atoms with Crippen LogP contribution in [0.4, 0.5) is 5.69 Å². The SMILES string of the molecule is Cc1ccc(C(=O)O)cc1N1C(=O)C(=Cc2nc3ccccc3n2C)SC1=S. The van der Waals surface area contributed by atoms with E-state index in [0.717, 1.165) is 16.6 Å². The number of aromatic nitrogens is 2. The van der Waals surface area contributed by atoms with Crippen molar-refractivity contribution in [2.45, 2.75) is 6.92 Å². The zero-order chi connectivity index (χ0) is 20.0. The molecule has 0 unspecified atom stereocenters. The van der Waals surface area contributed by atoms with Crippen LogP contribution in [0.25, 0.3) is 17.1 Å². The van der Waals surface area contributed by atoms with Gasteiger partial charge in [-0.3, -0.25) is 9.69 Å². The van der Waals surface area contributed by atoms with Crippen LogP contribution < -0.4 is 4.90 Å². The third-order valence-electron chi connectivity index (χ3n) is 4.57. The van der Waals surface area contributed by atoms with E-state index in [0.29, 0.717) is 20.7 Å². The molecule has 0 bridgehead atoms. The van der Waals surface area contributed by atoms with Gasteiger partial charge in [0.25, 0.3) is 5.91 Å². The van der Waals surface area contributed by atoms with Crippen LogP contribution in [0.3, 0.4) is 0 Å². The molecule has 2 heterocycles. The highest BCUT2D eigenvalue weighted by atomic mass is 32.2. The Morgan fingerprint density at radius 1 is 1.25 bits per heavy atom. The van der Waals surface area contributed by atoms with Crippen LogP contribution in [0.15, 0.2) is 47.4 Å². The summed E-state index contributed by atoms with van der Waals surface area (Å²) in [5.41, 5.74) is 3.17. The van der Waals surface area contributed by atoms with E-state index in [-0.39, 0.29) is 11.5 Å². The standard InChI is InChI=1S/C20H15N3O3S2/c1-11-7-8-12(19(25)26)9-15(11)23-18(24)16(28-20(23)27)10-17-21-13-5-3-4-6-14(13)22(17)2/h3-10H,1-2H3,(H,25,26). The molecule has 140 valence electrons. The van der Waals surface area contributed by atoms with Crippen molar-refractivity contribution in [3.8, 4) is 0 Å². The minimum Gasteiger partial charge on any atom is -0.478 e. The lowest BCUT2D eigenvalue weighted by atomic mass is 10.1. The molecule has 1 aliphatic rings. The van der Waals surface area contributed by atoms with Gasteiger partial charge in [-0.1, -0.05) is 42.2 Å². The number of amides is 1. The van der Waals surface area contributed by atoms with Gasteiger partial charge in [-0.15, -0.1) is 0 Å². The maximum absolute atomic E-state index is 13.0. The molecule has 2 aromatic carbocycles. The van der Waals surface area contributed by atoms with Gasteiger partial charge in [-0.05, 0) is 36.8 Å². The fourth-order valence-electron chi connectivity index (χ4n) is 3.07. The van der Waals surface area contributed by atoms with E-state index in [1.165, 1.54) is 28.8 Å². The number of carboxylic acids is 1. The molecule has 1 N–H and O–H groups in total. The van der Waals surface area contributed by atoms with Gasteiger partial charge in [-0.25, -0.2) is 9.78 Å². The average molecular weight is 409 g/mol. The third kappa shape index (κ3) is 3.00. The Balaban J connectivity index is 1.75. The molecule has 0 aliphatic carbocycles. The molecule has 0 saturated carbocycles. The minimum absolute atomic E-state index is 0.106. The molecule has 4 rings (SSSR count). The van der Waals surface area contributed by atoms with E-state index >= 15 is 0 Å². The van der Waals surface area contributed by atoms with Crippen molar-refractivity contribution >= 4 is 63.0 Å². The number of fused-ring (bicyclic) bond motifs is 1. The lowest BCUT2D eigenvalue weighted by Gasteiger charge is -2.17. The zero-order valence-corrected chi connectivity index (χ0v) is 16.7. The number of anilines is 1. The van der Waals surface area contributed by atoms with Crippen molar-refractivity contribution < 1.29 is 14.7 Å². The maximum Gasteiger partial charge on any atom is 0.335 e. The number of carbonyl (C=O) groups excluding carboxylic acids is 1. The Morgan fingerprint density at radius 2 is 2.00 bits per heavy atom. The lowest BCUT2D eigenvalue weighted by Crippen LogP contribution is -2.28. The number of nitrogens with zero attached hydrogens (tertiary/aromatic N) is 3. The number of aromatic carboxylic acids is 1. The molecule has 0 radical (unpaired) electrons. The van der Waals surface area contributed by atoms with Gasteiger partial charge in [0.2, 0.25) is 0 Å². The van der Waals surface area contributed by atoms with Crippen LogP contribution in [0.2, 0.25) is 0 Å². The Bertz CT molecular complexity index is 1200. The predicted molar refractivity (Wildman–Crippen MR) is 115 cm³/mol. The van der Waals surface area contributed by atoms with Crippen LogP contribution >= 0.6 is 24.0 Å². The Hall–Kier alpha value is -2.97. The average Bonchev–Trinajstić information content (AvgIpc) is 3.12. The molecule has 0 spiro atoms. The van der Waals surface area contributed by atoms with Crippen LogP contribution in [0.5, 0.6) is 0 Å². The summed E-state index contributed by atoms with van der Waals surface area (Å²) < 4.78 is 2.28. The second kappa shape index (κ2) is 6.88. The van der Waals surface area contributed by atoms with Crippen molar-refractivity contribution in [2.75, 3.05) is 4.90 Å². The number of carbonyl (C=O) groups is 2. The molecule has 1 fully saturated rings. The van der Waals surface area contributed by atoms with Gasteiger partial charge in [-0.2, -0.15) is 0 Å². The first-order valence-corrected chi connectivity index (χ1v) is 9.62. The van der Waals surface area contributed by atoms with Gasteiger partial charge < -0.3 is 9.67 Å². The number of benzene rings is 2. The summed E-state index contributed by atoms with van der Waals surface area (Å²) in [4.78, 5) is 30.8.